The van der Waals surface area contributed by atoms with E-state index in [4.69, 9.17) is 18.9 Å². The lowest BCUT2D eigenvalue weighted by molar-refractivity contribution is 0.0921. The van der Waals surface area contributed by atoms with E-state index in [1.165, 1.54) is 21.3 Å². The van der Waals surface area contributed by atoms with Crippen LogP contribution in [0.4, 0.5) is 0 Å². The Balaban J connectivity index is 1.90. The summed E-state index contributed by atoms with van der Waals surface area (Å²) in [6.45, 7) is 0.561. The van der Waals surface area contributed by atoms with Gasteiger partial charge in [0.05, 0.1) is 39.5 Å². The van der Waals surface area contributed by atoms with Gasteiger partial charge in [-0.1, -0.05) is 18.2 Å². The molecule has 6 heteroatoms. The van der Waals surface area contributed by atoms with E-state index in [1.54, 1.807) is 12.1 Å². The van der Waals surface area contributed by atoms with Gasteiger partial charge in [-0.15, -0.1) is 0 Å². The van der Waals surface area contributed by atoms with Crippen molar-refractivity contribution in [3.63, 3.8) is 0 Å². The summed E-state index contributed by atoms with van der Waals surface area (Å²) in [5, 5.41) is 3.06. The first kappa shape index (κ1) is 17.0. The van der Waals surface area contributed by atoms with Gasteiger partial charge in [-0.05, 0) is 18.2 Å². The fourth-order valence-corrected chi connectivity index (χ4v) is 3.01. The molecule has 3 rings (SSSR count). The second-order valence-corrected chi connectivity index (χ2v) is 5.58. The van der Waals surface area contributed by atoms with Crippen molar-refractivity contribution in [3.05, 3.63) is 47.5 Å². The standard InChI is InChI=1S/C19H21NO5/c1-22-16-9-8-13(17(23-2)18(16)24-3)19(21)20-14-10-11-25-15-7-5-4-6-12(14)15/h4-9,14H,10-11H2,1-3H3,(H,20,21)/t14-/m0/s1. The maximum Gasteiger partial charge on any atom is 0.255 e. The molecule has 0 fully saturated rings. The molecule has 1 aliphatic heterocycles. The van der Waals surface area contributed by atoms with Crippen LogP contribution >= 0.6 is 0 Å². The highest BCUT2D eigenvalue weighted by atomic mass is 16.5. The average molecular weight is 343 g/mol. The van der Waals surface area contributed by atoms with Crippen molar-refractivity contribution < 1.29 is 23.7 Å². The first-order chi connectivity index (χ1) is 12.2. The molecule has 1 amide bonds. The first-order valence-electron chi connectivity index (χ1n) is 8.01. The fraction of sp³-hybridized carbons (Fsp3) is 0.316. The zero-order chi connectivity index (χ0) is 17.8. The largest absolute Gasteiger partial charge is 0.493 e. The minimum absolute atomic E-state index is 0.116. The number of hydrogen-bond donors (Lipinski definition) is 1. The Labute approximate surface area is 146 Å². The molecule has 0 unspecified atom stereocenters. The average Bonchev–Trinajstić information content (AvgIpc) is 2.66. The van der Waals surface area contributed by atoms with E-state index in [2.05, 4.69) is 5.32 Å². The molecule has 0 spiro atoms. The van der Waals surface area contributed by atoms with Gasteiger partial charge in [0, 0.05) is 12.0 Å². The van der Waals surface area contributed by atoms with Crippen molar-refractivity contribution in [2.75, 3.05) is 27.9 Å². The molecule has 0 aromatic heterocycles. The quantitative estimate of drug-likeness (QED) is 0.904. The fourth-order valence-electron chi connectivity index (χ4n) is 3.01. The van der Waals surface area contributed by atoms with E-state index in [1.807, 2.05) is 24.3 Å². The normalized spacial score (nSPS) is 15.6. The Morgan fingerprint density at radius 2 is 1.80 bits per heavy atom. The summed E-state index contributed by atoms with van der Waals surface area (Å²) in [4.78, 5) is 12.8. The summed E-state index contributed by atoms with van der Waals surface area (Å²) in [5.74, 6) is 1.81. The third kappa shape index (κ3) is 3.20. The maximum absolute atomic E-state index is 12.8. The van der Waals surface area contributed by atoms with Crippen LogP contribution in [-0.4, -0.2) is 33.8 Å². The number of benzene rings is 2. The molecule has 0 saturated carbocycles. The molecular weight excluding hydrogens is 322 g/mol. The van der Waals surface area contributed by atoms with Gasteiger partial charge in [-0.3, -0.25) is 4.79 Å². The Morgan fingerprint density at radius 3 is 2.52 bits per heavy atom. The highest BCUT2D eigenvalue weighted by molar-refractivity contribution is 5.98. The molecule has 2 aromatic rings. The van der Waals surface area contributed by atoms with Gasteiger partial charge in [0.15, 0.2) is 11.5 Å². The van der Waals surface area contributed by atoms with E-state index in [-0.39, 0.29) is 11.9 Å². The number of ether oxygens (including phenoxy) is 4. The van der Waals surface area contributed by atoms with E-state index < -0.39 is 0 Å². The molecule has 25 heavy (non-hydrogen) atoms. The molecule has 1 aliphatic rings. The third-order valence-electron chi connectivity index (χ3n) is 4.21. The highest BCUT2D eigenvalue weighted by Gasteiger charge is 2.26. The van der Waals surface area contributed by atoms with Crippen LogP contribution in [0.3, 0.4) is 0 Å². The second kappa shape index (κ2) is 7.34. The lowest BCUT2D eigenvalue weighted by Crippen LogP contribution is -2.32. The summed E-state index contributed by atoms with van der Waals surface area (Å²) >= 11 is 0. The molecule has 0 aliphatic carbocycles. The highest BCUT2D eigenvalue weighted by Crippen LogP contribution is 2.40. The Bertz CT molecular complexity index is 774. The van der Waals surface area contributed by atoms with Crippen molar-refractivity contribution in [2.24, 2.45) is 0 Å². The monoisotopic (exact) mass is 343 g/mol. The van der Waals surface area contributed by atoms with Gasteiger partial charge >= 0.3 is 0 Å². The van der Waals surface area contributed by atoms with Crippen LogP contribution in [0.5, 0.6) is 23.0 Å². The summed E-state index contributed by atoms with van der Waals surface area (Å²) in [7, 11) is 4.55. The second-order valence-electron chi connectivity index (χ2n) is 5.58. The molecule has 0 radical (unpaired) electrons. The number of methoxy groups -OCH3 is 3. The van der Waals surface area contributed by atoms with Crippen LogP contribution in [0.25, 0.3) is 0 Å². The van der Waals surface area contributed by atoms with Gasteiger partial charge in [-0.2, -0.15) is 0 Å². The van der Waals surface area contributed by atoms with Crippen LogP contribution in [0.15, 0.2) is 36.4 Å². The Morgan fingerprint density at radius 1 is 1.04 bits per heavy atom. The van der Waals surface area contributed by atoms with Gasteiger partial charge in [-0.25, -0.2) is 0 Å². The van der Waals surface area contributed by atoms with Gasteiger partial charge in [0.1, 0.15) is 5.75 Å². The van der Waals surface area contributed by atoms with E-state index in [9.17, 15) is 4.79 Å². The Kier molecular flexibility index (Phi) is 4.97. The number of fused-ring (bicyclic) bond motifs is 1. The number of carbonyl (C=O) groups is 1. The predicted octanol–water partition coefficient (Wildman–Crippen LogP) is 2.97. The summed E-state index contributed by atoms with van der Waals surface area (Å²) in [6, 6.07) is 11.0. The lowest BCUT2D eigenvalue weighted by Gasteiger charge is -2.27. The van der Waals surface area contributed by atoms with Gasteiger partial charge < -0.3 is 24.3 Å². The van der Waals surface area contributed by atoms with Crippen LogP contribution < -0.4 is 24.3 Å². The minimum Gasteiger partial charge on any atom is -0.493 e. The summed E-state index contributed by atoms with van der Waals surface area (Å²) in [6.07, 6.45) is 0.707. The topological polar surface area (TPSA) is 66.0 Å². The summed E-state index contributed by atoms with van der Waals surface area (Å²) in [5.41, 5.74) is 1.37. The number of carbonyl (C=O) groups excluding carboxylic acids is 1. The third-order valence-corrected chi connectivity index (χ3v) is 4.21. The van der Waals surface area contributed by atoms with E-state index in [0.717, 1.165) is 11.3 Å². The minimum atomic E-state index is -0.237. The lowest BCUT2D eigenvalue weighted by atomic mass is 10.00. The van der Waals surface area contributed by atoms with Crippen molar-refractivity contribution in [3.8, 4) is 23.0 Å². The molecule has 0 bridgehead atoms. The van der Waals surface area contributed by atoms with Crippen LogP contribution in [0.2, 0.25) is 0 Å². The molecule has 1 N–H and O–H groups in total. The van der Waals surface area contributed by atoms with Crippen LogP contribution in [-0.2, 0) is 0 Å². The number of amides is 1. The van der Waals surface area contributed by atoms with Crippen LogP contribution in [0.1, 0.15) is 28.4 Å². The SMILES string of the molecule is COc1ccc(C(=O)N[C@H]2CCOc3ccccc32)c(OC)c1OC. The zero-order valence-electron chi connectivity index (χ0n) is 14.5. The van der Waals surface area contributed by atoms with Crippen LogP contribution in [0, 0.1) is 0 Å². The molecular formula is C19H21NO5. The van der Waals surface area contributed by atoms with Crippen molar-refractivity contribution in [1.29, 1.82) is 0 Å². The number of rotatable bonds is 5. The number of hydrogen-bond acceptors (Lipinski definition) is 5. The number of nitrogens with one attached hydrogen (secondary N) is 1. The summed E-state index contributed by atoms with van der Waals surface area (Å²) < 4.78 is 21.6. The van der Waals surface area contributed by atoms with E-state index >= 15 is 0 Å². The molecule has 6 nitrogen and oxygen atoms in total. The van der Waals surface area contributed by atoms with Crippen molar-refractivity contribution >= 4 is 5.91 Å². The zero-order valence-corrected chi connectivity index (χ0v) is 14.5. The Hall–Kier alpha value is -2.89. The maximum atomic E-state index is 12.8. The molecule has 0 saturated heterocycles. The smallest absolute Gasteiger partial charge is 0.255 e. The van der Waals surface area contributed by atoms with Crippen molar-refractivity contribution in [2.45, 2.75) is 12.5 Å². The molecule has 132 valence electrons. The van der Waals surface area contributed by atoms with Gasteiger partial charge in [0.2, 0.25) is 5.75 Å². The van der Waals surface area contributed by atoms with E-state index in [0.29, 0.717) is 35.8 Å². The molecule has 2 aromatic carbocycles. The molecule has 1 heterocycles. The number of para-hydroxylation sites is 1. The predicted molar refractivity (Wildman–Crippen MR) is 92.9 cm³/mol. The van der Waals surface area contributed by atoms with Crippen molar-refractivity contribution in [1.82, 2.24) is 5.32 Å². The first-order valence-corrected chi connectivity index (χ1v) is 8.01. The van der Waals surface area contributed by atoms with Gasteiger partial charge in [0.25, 0.3) is 5.91 Å². The molecule has 1 atom stereocenters.